The number of amides is 1. The third-order valence-corrected chi connectivity index (χ3v) is 7.79. The van der Waals surface area contributed by atoms with Gasteiger partial charge in [-0.05, 0) is 58.1 Å². The molecule has 1 atom stereocenters. The molecule has 2 aromatic rings. The number of carbonyl (C=O) groups is 1. The molecule has 0 saturated carbocycles. The molecule has 0 aromatic carbocycles. The number of carbonyl (C=O) groups excluding carboxylic acids is 1. The molecule has 2 saturated heterocycles. The molecule has 0 bridgehead atoms. The van der Waals surface area contributed by atoms with E-state index in [-0.39, 0.29) is 23.4 Å². The van der Waals surface area contributed by atoms with Gasteiger partial charge in [-0.2, -0.15) is 0 Å². The van der Waals surface area contributed by atoms with E-state index < -0.39 is 0 Å². The molecule has 1 amide bonds. The first kappa shape index (κ1) is 21.5. The van der Waals surface area contributed by atoms with Crippen molar-refractivity contribution < 1.29 is 4.79 Å². The standard InChI is InChI=1S/C23H34N4O2S/c1-15(2)21-24-22-20(16(3)17(4)30-22)23(29)27(21)18-9-8-10-25(13-18)14-19(28)26-11-6-5-7-12-26/h15,18H,5-14H2,1-4H3/t18-/m1/s1. The molecule has 2 aromatic heterocycles. The summed E-state index contributed by atoms with van der Waals surface area (Å²) < 4.78 is 1.96. The number of piperidine rings is 2. The summed E-state index contributed by atoms with van der Waals surface area (Å²) in [5.41, 5.74) is 1.16. The van der Waals surface area contributed by atoms with Gasteiger partial charge in [0.25, 0.3) is 5.56 Å². The van der Waals surface area contributed by atoms with Gasteiger partial charge in [-0.3, -0.25) is 19.1 Å². The van der Waals surface area contributed by atoms with Crippen molar-refractivity contribution in [3.05, 3.63) is 26.6 Å². The summed E-state index contributed by atoms with van der Waals surface area (Å²) in [5, 5.41) is 0.781. The van der Waals surface area contributed by atoms with Gasteiger partial charge in [0.05, 0.1) is 18.0 Å². The number of fused-ring (bicyclic) bond motifs is 1. The van der Waals surface area contributed by atoms with E-state index in [4.69, 9.17) is 4.98 Å². The molecule has 4 heterocycles. The number of likely N-dealkylation sites (tertiary alicyclic amines) is 2. The lowest BCUT2D eigenvalue weighted by atomic mass is 10.0. The average molecular weight is 431 g/mol. The highest BCUT2D eigenvalue weighted by atomic mass is 32.1. The number of rotatable bonds is 4. The van der Waals surface area contributed by atoms with Gasteiger partial charge >= 0.3 is 0 Å². The van der Waals surface area contributed by atoms with Gasteiger partial charge in [0.15, 0.2) is 0 Å². The van der Waals surface area contributed by atoms with Gasteiger partial charge in [0, 0.05) is 30.4 Å². The van der Waals surface area contributed by atoms with Crippen LogP contribution in [0.5, 0.6) is 0 Å². The average Bonchev–Trinajstić information content (AvgIpc) is 3.02. The topological polar surface area (TPSA) is 58.4 Å². The van der Waals surface area contributed by atoms with Crippen molar-refractivity contribution in [1.82, 2.24) is 19.4 Å². The van der Waals surface area contributed by atoms with Crippen LogP contribution in [0.2, 0.25) is 0 Å². The van der Waals surface area contributed by atoms with Crippen LogP contribution in [0, 0.1) is 13.8 Å². The Labute approximate surface area is 182 Å². The van der Waals surface area contributed by atoms with E-state index in [1.54, 1.807) is 11.3 Å². The Bertz CT molecular complexity index is 987. The van der Waals surface area contributed by atoms with Crippen LogP contribution in [0.15, 0.2) is 4.79 Å². The molecule has 4 rings (SSSR count). The Morgan fingerprint density at radius 2 is 1.87 bits per heavy atom. The van der Waals surface area contributed by atoms with Gasteiger partial charge in [0.2, 0.25) is 5.91 Å². The lowest BCUT2D eigenvalue weighted by Crippen LogP contribution is -2.47. The fourth-order valence-electron chi connectivity index (χ4n) is 4.90. The van der Waals surface area contributed by atoms with Crippen molar-refractivity contribution in [2.24, 2.45) is 0 Å². The minimum atomic E-state index is 0.0781. The summed E-state index contributed by atoms with van der Waals surface area (Å²) in [5.74, 6) is 1.29. The fraction of sp³-hybridized carbons (Fsp3) is 0.696. The monoisotopic (exact) mass is 430 g/mol. The van der Waals surface area contributed by atoms with Crippen LogP contribution < -0.4 is 5.56 Å². The van der Waals surface area contributed by atoms with Crippen LogP contribution in [0.3, 0.4) is 0 Å². The Hall–Kier alpha value is -1.73. The van der Waals surface area contributed by atoms with E-state index in [1.807, 2.05) is 16.4 Å². The van der Waals surface area contributed by atoms with E-state index in [0.717, 1.165) is 73.5 Å². The highest BCUT2D eigenvalue weighted by Crippen LogP contribution is 2.30. The summed E-state index contributed by atoms with van der Waals surface area (Å²) >= 11 is 1.62. The fourth-order valence-corrected chi connectivity index (χ4v) is 5.93. The Morgan fingerprint density at radius 3 is 2.57 bits per heavy atom. The smallest absolute Gasteiger partial charge is 0.262 e. The third kappa shape index (κ3) is 4.06. The molecule has 7 heteroatoms. The second-order valence-corrected chi connectivity index (χ2v) is 10.4. The molecule has 0 aliphatic carbocycles. The van der Waals surface area contributed by atoms with Crippen LogP contribution in [0.4, 0.5) is 0 Å². The predicted molar refractivity (Wildman–Crippen MR) is 123 cm³/mol. The number of nitrogens with zero attached hydrogens (tertiary/aromatic N) is 4. The highest BCUT2D eigenvalue weighted by molar-refractivity contribution is 7.18. The molecule has 0 unspecified atom stereocenters. The molecule has 0 N–H and O–H groups in total. The van der Waals surface area contributed by atoms with Crippen LogP contribution in [-0.2, 0) is 4.79 Å². The summed E-state index contributed by atoms with van der Waals surface area (Å²) in [6, 6.07) is 0.0781. The first-order chi connectivity index (χ1) is 14.4. The van der Waals surface area contributed by atoms with E-state index >= 15 is 0 Å². The van der Waals surface area contributed by atoms with Crippen LogP contribution in [0.25, 0.3) is 10.2 Å². The zero-order valence-corrected chi connectivity index (χ0v) is 19.6. The molecule has 0 radical (unpaired) electrons. The molecule has 6 nitrogen and oxygen atoms in total. The first-order valence-electron chi connectivity index (χ1n) is 11.4. The first-order valence-corrected chi connectivity index (χ1v) is 12.2. The maximum Gasteiger partial charge on any atom is 0.262 e. The number of aryl methyl sites for hydroxylation is 2. The molecule has 30 heavy (non-hydrogen) atoms. The minimum Gasteiger partial charge on any atom is -0.342 e. The Kier molecular flexibility index (Phi) is 6.30. The number of hydrogen-bond donors (Lipinski definition) is 0. The molecular formula is C23H34N4O2S. The predicted octanol–water partition coefficient (Wildman–Crippen LogP) is 3.85. The summed E-state index contributed by atoms with van der Waals surface area (Å²) in [6.45, 7) is 12.2. The highest BCUT2D eigenvalue weighted by Gasteiger charge is 2.29. The summed E-state index contributed by atoms with van der Waals surface area (Å²) in [7, 11) is 0. The van der Waals surface area contributed by atoms with Gasteiger partial charge in [-0.25, -0.2) is 4.98 Å². The lowest BCUT2D eigenvalue weighted by molar-refractivity contribution is -0.133. The van der Waals surface area contributed by atoms with Gasteiger partial charge in [-0.15, -0.1) is 11.3 Å². The van der Waals surface area contributed by atoms with Gasteiger partial charge < -0.3 is 4.90 Å². The van der Waals surface area contributed by atoms with Gasteiger partial charge in [-0.1, -0.05) is 13.8 Å². The molecule has 2 aliphatic heterocycles. The van der Waals surface area contributed by atoms with E-state index in [9.17, 15) is 9.59 Å². The molecule has 2 fully saturated rings. The Morgan fingerprint density at radius 1 is 1.13 bits per heavy atom. The van der Waals surface area contributed by atoms with Crippen molar-refractivity contribution in [3.8, 4) is 0 Å². The molecule has 2 aliphatic rings. The maximum atomic E-state index is 13.6. The maximum absolute atomic E-state index is 13.6. The van der Waals surface area contributed by atoms with Crippen LogP contribution >= 0.6 is 11.3 Å². The van der Waals surface area contributed by atoms with Crippen molar-refractivity contribution >= 4 is 27.5 Å². The van der Waals surface area contributed by atoms with Crippen molar-refractivity contribution in [2.45, 2.75) is 71.8 Å². The lowest BCUT2D eigenvalue weighted by Gasteiger charge is -2.36. The Balaban J connectivity index is 1.62. The number of aromatic nitrogens is 2. The van der Waals surface area contributed by atoms with E-state index in [2.05, 4.69) is 25.7 Å². The second kappa shape index (κ2) is 8.79. The second-order valence-electron chi connectivity index (χ2n) is 9.24. The van der Waals surface area contributed by atoms with E-state index in [0.29, 0.717) is 6.54 Å². The van der Waals surface area contributed by atoms with Crippen molar-refractivity contribution in [3.63, 3.8) is 0 Å². The molecular weight excluding hydrogens is 396 g/mol. The number of hydrogen-bond acceptors (Lipinski definition) is 5. The molecule has 0 spiro atoms. The summed E-state index contributed by atoms with van der Waals surface area (Å²) in [6.07, 6.45) is 5.43. The molecule has 164 valence electrons. The van der Waals surface area contributed by atoms with Crippen molar-refractivity contribution in [1.29, 1.82) is 0 Å². The SMILES string of the molecule is Cc1sc2nc(C(C)C)n([C@@H]3CCCN(CC(=O)N4CCCCC4)C3)c(=O)c2c1C. The zero-order chi connectivity index (χ0) is 21.4. The summed E-state index contributed by atoms with van der Waals surface area (Å²) in [4.78, 5) is 37.6. The largest absolute Gasteiger partial charge is 0.342 e. The number of thiophene rings is 1. The van der Waals surface area contributed by atoms with Crippen LogP contribution in [0.1, 0.15) is 74.2 Å². The van der Waals surface area contributed by atoms with Gasteiger partial charge in [0.1, 0.15) is 10.7 Å². The van der Waals surface area contributed by atoms with E-state index in [1.165, 1.54) is 11.3 Å². The zero-order valence-electron chi connectivity index (χ0n) is 18.7. The minimum absolute atomic E-state index is 0.0781. The normalized spacial score (nSPS) is 21.0. The van der Waals surface area contributed by atoms with Crippen LogP contribution in [-0.4, -0.2) is 58.0 Å². The quantitative estimate of drug-likeness (QED) is 0.739. The van der Waals surface area contributed by atoms with Crippen molar-refractivity contribution in [2.75, 3.05) is 32.7 Å². The third-order valence-electron chi connectivity index (χ3n) is 6.69.